The number of thiophene rings is 1. The van der Waals surface area contributed by atoms with Crippen LogP contribution in [-0.4, -0.2) is 53.2 Å². The van der Waals surface area contributed by atoms with Gasteiger partial charge in [-0.2, -0.15) is 0 Å². The van der Waals surface area contributed by atoms with Gasteiger partial charge in [-0.1, -0.05) is 23.7 Å². The number of ether oxygens (including phenoxy) is 3. The van der Waals surface area contributed by atoms with Crippen molar-refractivity contribution in [3.63, 3.8) is 0 Å². The first-order valence-electron chi connectivity index (χ1n) is 12.4. The van der Waals surface area contributed by atoms with Gasteiger partial charge in [-0.05, 0) is 35.9 Å². The Morgan fingerprint density at radius 3 is 2.51 bits per heavy atom. The maximum absolute atomic E-state index is 13.8. The number of carbonyl (C=O) groups excluding carboxylic acids is 2. The van der Waals surface area contributed by atoms with Gasteiger partial charge in [-0.15, -0.1) is 11.3 Å². The molecule has 0 spiro atoms. The first-order valence-corrected chi connectivity index (χ1v) is 13.6. The Morgan fingerprint density at radius 1 is 1.12 bits per heavy atom. The molecule has 0 radical (unpaired) electrons. The number of nitrogens with one attached hydrogen (secondary N) is 1. The number of aromatic nitrogens is 2. The highest BCUT2D eigenvalue weighted by atomic mass is 35.5. The number of rotatable bonds is 9. The molecule has 0 unspecified atom stereocenters. The second-order valence-corrected chi connectivity index (χ2v) is 11.1. The van der Waals surface area contributed by atoms with Crippen molar-refractivity contribution in [1.29, 1.82) is 0 Å². The average Bonchev–Trinajstić information content (AvgIpc) is 3.35. The third kappa shape index (κ3) is 6.18. The summed E-state index contributed by atoms with van der Waals surface area (Å²) in [5, 5.41) is 2.89. The fourth-order valence-corrected chi connectivity index (χ4v) is 5.73. The minimum absolute atomic E-state index is 0.201. The number of nitrogens with zero attached hydrogens (tertiary/aromatic N) is 2. The summed E-state index contributed by atoms with van der Waals surface area (Å²) in [7, 11) is 1.40. The second kappa shape index (κ2) is 11.1. The monoisotopic (exact) mass is 603 g/mol. The SMILES string of the molecule is COc1cc(-n2cnc3cc(-c4ccc(Cl)cc4)sc3c2=O)ccc1OCC1(OC(=O)CNC(C)=O)CC(F)(F)C1. The summed E-state index contributed by atoms with van der Waals surface area (Å²) in [6, 6.07) is 13.8. The highest BCUT2D eigenvalue weighted by Gasteiger charge is 2.60. The molecule has 0 bridgehead atoms. The van der Waals surface area contributed by atoms with Gasteiger partial charge in [0.2, 0.25) is 5.91 Å². The molecule has 0 atom stereocenters. The fraction of sp³-hybridized carbons (Fsp3) is 0.286. The van der Waals surface area contributed by atoms with E-state index in [0.29, 0.717) is 20.9 Å². The molecule has 0 saturated heterocycles. The van der Waals surface area contributed by atoms with E-state index in [9.17, 15) is 23.2 Å². The Morgan fingerprint density at radius 2 is 1.85 bits per heavy atom. The number of amides is 1. The van der Waals surface area contributed by atoms with Crippen molar-refractivity contribution < 1.29 is 32.6 Å². The minimum atomic E-state index is -3.01. The maximum atomic E-state index is 13.8. The van der Waals surface area contributed by atoms with Gasteiger partial charge in [0, 0.05) is 22.9 Å². The van der Waals surface area contributed by atoms with Crippen LogP contribution in [0.2, 0.25) is 5.02 Å². The maximum Gasteiger partial charge on any atom is 0.326 e. The Labute approximate surface area is 241 Å². The van der Waals surface area contributed by atoms with Crippen molar-refractivity contribution in [2.24, 2.45) is 0 Å². The Hall–Kier alpha value is -4.03. The molecule has 2 aromatic heterocycles. The van der Waals surface area contributed by atoms with Crippen LogP contribution in [0.4, 0.5) is 8.78 Å². The van der Waals surface area contributed by atoms with Crippen LogP contribution in [-0.2, 0) is 14.3 Å². The summed E-state index contributed by atoms with van der Waals surface area (Å²) in [5.41, 5.74) is 0.0766. The van der Waals surface area contributed by atoms with Crippen LogP contribution in [0.15, 0.2) is 59.7 Å². The lowest BCUT2D eigenvalue weighted by Gasteiger charge is -2.45. The number of halogens is 3. The number of carbonyl (C=O) groups is 2. The van der Waals surface area contributed by atoms with E-state index >= 15 is 0 Å². The van der Waals surface area contributed by atoms with Crippen LogP contribution in [0.3, 0.4) is 0 Å². The number of benzene rings is 2. The molecule has 1 N–H and O–H groups in total. The van der Waals surface area contributed by atoms with Crippen molar-refractivity contribution in [1.82, 2.24) is 14.9 Å². The Bertz CT molecular complexity index is 1680. The predicted octanol–water partition coefficient (Wildman–Crippen LogP) is 5.00. The van der Waals surface area contributed by atoms with E-state index in [4.69, 9.17) is 25.8 Å². The molecule has 9 nitrogen and oxygen atoms in total. The van der Waals surface area contributed by atoms with Crippen LogP contribution < -0.4 is 20.3 Å². The van der Waals surface area contributed by atoms with E-state index in [2.05, 4.69) is 10.3 Å². The summed E-state index contributed by atoms with van der Waals surface area (Å²) in [5.74, 6) is -3.88. The molecular formula is C28H24ClF2N3O6S. The van der Waals surface area contributed by atoms with Gasteiger partial charge in [0.25, 0.3) is 11.5 Å². The zero-order valence-corrected chi connectivity index (χ0v) is 23.5. The molecule has 1 aliphatic rings. The third-order valence-corrected chi connectivity index (χ3v) is 7.87. The topological polar surface area (TPSA) is 109 Å². The number of alkyl halides is 2. The number of esters is 1. The molecular weight excluding hydrogens is 580 g/mol. The zero-order chi connectivity index (χ0) is 29.4. The third-order valence-electron chi connectivity index (χ3n) is 6.46. The molecule has 1 aliphatic carbocycles. The van der Waals surface area contributed by atoms with Crippen LogP contribution in [0, 0.1) is 0 Å². The van der Waals surface area contributed by atoms with E-state index in [1.807, 2.05) is 18.2 Å². The summed E-state index contributed by atoms with van der Waals surface area (Å²) in [4.78, 5) is 41.9. The summed E-state index contributed by atoms with van der Waals surface area (Å²) < 4.78 is 45.9. The lowest BCUT2D eigenvalue weighted by molar-refractivity contribution is -0.233. The first-order chi connectivity index (χ1) is 19.5. The lowest BCUT2D eigenvalue weighted by Crippen LogP contribution is -2.58. The van der Waals surface area contributed by atoms with Crippen molar-refractivity contribution in [3.05, 3.63) is 70.2 Å². The van der Waals surface area contributed by atoms with Gasteiger partial charge >= 0.3 is 5.97 Å². The molecule has 4 aromatic rings. The molecule has 2 aromatic carbocycles. The first kappa shape index (κ1) is 28.5. The largest absolute Gasteiger partial charge is 0.493 e. The molecule has 13 heteroatoms. The van der Waals surface area contributed by atoms with Crippen molar-refractivity contribution in [3.8, 4) is 27.6 Å². The quantitative estimate of drug-likeness (QED) is 0.268. The van der Waals surface area contributed by atoms with E-state index in [0.717, 1.165) is 10.4 Å². The van der Waals surface area contributed by atoms with Gasteiger partial charge in [0.05, 0.1) is 31.2 Å². The fourth-order valence-electron chi connectivity index (χ4n) is 4.56. The molecule has 2 heterocycles. The van der Waals surface area contributed by atoms with Crippen LogP contribution in [0.25, 0.3) is 26.3 Å². The number of fused-ring (bicyclic) bond motifs is 1. The molecule has 5 rings (SSSR count). The summed E-state index contributed by atoms with van der Waals surface area (Å²) in [6.07, 6.45) is -0.0173. The van der Waals surface area contributed by atoms with E-state index < -0.39 is 42.8 Å². The van der Waals surface area contributed by atoms with Crippen molar-refractivity contribution in [2.45, 2.75) is 31.3 Å². The molecule has 0 aliphatic heterocycles. The number of hydrogen-bond donors (Lipinski definition) is 1. The average molecular weight is 604 g/mol. The van der Waals surface area contributed by atoms with E-state index in [-0.39, 0.29) is 23.7 Å². The highest BCUT2D eigenvalue weighted by molar-refractivity contribution is 7.22. The number of hydrogen-bond acceptors (Lipinski definition) is 8. The van der Waals surface area contributed by atoms with Gasteiger partial charge in [0.15, 0.2) is 17.1 Å². The van der Waals surface area contributed by atoms with Crippen molar-refractivity contribution >= 4 is 45.0 Å². The standard InChI is InChI=1S/C28H24ClF2N3O6S/c1-16(35)32-11-24(36)40-27(12-28(30,31)13-27)14-39-21-8-7-19(9-22(21)38-2)34-15-33-20-10-23(41-25(20)26(34)37)17-3-5-18(29)6-4-17/h3-10,15H,11-14H2,1-2H3,(H,32,35). The van der Waals surface area contributed by atoms with Crippen LogP contribution in [0.5, 0.6) is 11.5 Å². The van der Waals surface area contributed by atoms with Gasteiger partial charge in [-0.25, -0.2) is 13.8 Å². The van der Waals surface area contributed by atoms with E-state index in [1.165, 1.54) is 42.3 Å². The molecule has 1 saturated carbocycles. The number of methoxy groups -OCH3 is 1. The van der Waals surface area contributed by atoms with Gasteiger partial charge < -0.3 is 19.5 Å². The predicted molar refractivity (Wildman–Crippen MR) is 149 cm³/mol. The van der Waals surface area contributed by atoms with E-state index in [1.54, 1.807) is 24.3 Å². The molecule has 41 heavy (non-hydrogen) atoms. The van der Waals surface area contributed by atoms with Crippen molar-refractivity contribution in [2.75, 3.05) is 20.3 Å². The molecule has 1 amide bonds. The lowest BCUT2D eigenvalue weighted by atomic mass is 9.77. The normalized spacial score (nSPS) is 15.1. The minimum Gasteiger partial charge on any atom is -0.493 e. The zero-order valence-electron chi connectivity index (χ0n) is 21.9. The second-order valence-electron chi connectivity index (χ2n) is 9.65. The smallest absolute Gasteiger partial charge is 0.326 e. The van der Waals surface area contributed by atoms with Crippen LogP contribution >= 0.6 is 22.9 Å². The summed E-state index contributed by atoms with van der Waals surface area (Å²) >= 11 is 7.30. The van der Waals surface area contributed by atoms with Gasteiger partial charge in [0.1, 0.15) is 24.2 Å². The molecule has 214 valence electrons. The van der Waals surface area contributed by atoms with Gasteiger partial charge in [-0.3, -0.25) is 19.0 Å². The Kier molecular flexibility index (Phi) is 7.71. The van der Waals surface area contributed by atoms with Crippen LogP contribution in [0.1, 0.15) is 19.8 Å². The Balaban J connectivity index is 1.36. The summed E-state index contributed by atoms with van der Waals surface area (Å²) in [6.45, 7) is 0.417. The highest BCUT2D eigenvalue weighted by Crippen LogP contribution is 2.48. The molecule has 1 fully saturated rings.